The van der Waals surface area contributed by atoms with Gasteiger partial charge in [0, 0.05) is 12.5 Å². The second-order valence-corrected chi connectivity index (χ2v) is 4.50. The van der Waals surface area contributed by atoms with Crippen molar-refractivity contribution in [3.63, 3.8) is 0 Å². The van der Waals surface area contributed by atoms with Gasteiger partial charge in [-0.2, -0.15) is 0 Å². The Kier molecular flexibility index (Phi) is 4.94. The summed E-state index contributed by atoms with van der Waals surface area (Å²) in [5, 5.41) is 6.28. The molecule has 1 rings (SSSR count). The molecule has 14 heavy (non-hydrogen) atoms. The van der Waals surface area contributed by atoms with Crippen LogP contribution < -0.4 is 10.6 Å². The molecule has 1 aliphatic heterocycles. The molecule has 2 N–H and O–H groups in total. The lowest BCUT2D eigenvalue weighted by Crippen LogP contribution is -2.38. The van der Waals surface area contributed by atoms with Crippen molar-refractivity contribution >= 4 is 5.91 Å². The number of hydrogen-bond acceptors (Lipinski definition) is 2. The fourth-order valence-electron chi connectivity index (χ4n) is 1.71. The van der Waals surface area contributed by atoms with Gasteiger partial charge in [0.25, 0.3) is 0 Å². The molecule has 0 spiro atoms. The topological polar surface area (TPSA) is 41.1 Å². The number of amides is 1. The van der Waals surface area contributed by atoms with Crippen molar-refractivity contribution in [1.82, 2.24) is 10.6 Å². The molecule has 1 amide bonds. The molecule has 0 aromatic carbocycles. The molecule has 0 saturated carbocycles. The molecule has 1 aliphatic rings. The summed E-state index contributed by atoms with van der Waals surface area (Å²) in [6.07, 6.45) is 3.07. The average Bonchev–Trinajstić information content (AvgIpc) is 2.18. The maximum Gasteiger partial charge on any atom is 0.223 e. The van der Waals surface area contributed by atoms with Crippen LogP contribution in [-0.4, -0.2) is 25.5 Å². The van der Waals surface area contributed by atoms with Gasteiger partial charge in [-0.3, -0.25) is 4.79 Å². The van der Waals surface area contributed by atoms with Gasteiger partial charge in [0.1, 0.15) is 0 Å². The largest absolute Gasteiger partial charge is 0.356 e. The van der Waals surface area contributed by atoms with Crippen molar-refractivity contribution < 1.29 is 4.79 Å². The number of piperidine rings is 1. The minimum atomic E-state index is 0.253. The summed E-state index contributed by atoms with van der Waals surface area (Å²) in [6.45, 7) is 7.17. The molecule has 3 heteroatoms. The smallest absolute Gasteiger partial charge is 0.223 e. The van der Waals surface area contributed by atoms with Crippen LogP contribution in [0.2, 0.25) is 0 Å². The van der Waals surface area contributed by atoms with E-state index >= 15 is 0 Å². The molecule has 0 aromatic rings. The van der Waals surface area contributed by atoms with Gasteiger partial charge in [-0.25, -0.2) is 0 Å². The molecule has 0 unspecified atom stereocenters. The van der Waals surface area contributed by atoms with Crippen molar-refractivity contribution in [2.75, 3.05) is 19.6 Å². The predicted octanol–water partition coefficient (Wildman–Crippen LogP) is 1.15. The van der Waals surface area contributed by atoms with Crippen LogP contribution in [0.4, 0.5) is 0 Å². The third-order valence-electron chi connectivity index (χ3n) is 2.73. The summed E-state index contributed by atoms with van der Waals surface area (Å²) in [5.41, 5.74) is 0. The van der Waals surface area contributed by atoms with Crippen molar-refractivity contribution in [1.29, 1.82) is 0 Å². The lowest BCUT2D eigenvalue weighted by Gasteiger charge is -2.21. The molecule has 0 aliphatic carbocycles. The summed E-state index contributed by atoms with van der Waals surface area (Å²) in [6, 6.07) is 0. The van der Waals surface area contributed by atoms with Crippen molar-refractivity contribution in [3.05, 3.63) is 0 Å². The van der Waals surface area contributed by atoms with Crippen LogP contribution in [0.15, 0.2) is 0 Å². The van der Waals surface area contributed by atoms with Gasteiger partial charge in [0.05, 0.1) is 0 Å². The molecule has 0 aromatic heterocycles. The van der Waals surface area contributed by atoms with Crippen molar-refractivity contribution in [2.24, 2.45) is 11.8 Å². The second-order valence-electron chi connectivity index (χ2n) is 4.50. The molecular formula is C11H22N2O. The lowest BCUT2D eigenvalue weighted by atomic mass is 9.97. The van der Waals surface area contributed by atoms with E-state index < -0.39 is 0 Å². The molecule has 1 saturated heterocycles. The Balaban J connectivity index is 2.13. The first-order chi connectivity index (χ1) is 6.70. The standard InChI is InChI=1S/C11H22N2O/c1-9(2)3-8-13-11(14)10-4-6-12-7-5-10/h9-10,12H,3-8H2,1-2H3,(H,13,14). The highest BCUT2D eigenvalue weighted by atomic mass is 16.1. The molecule has 0 atom stereocenters. The zero-order valence-electron chi connectivity index (χ0n) is 9.31. The van der Waals surface area contributed by atoms with Crippen molar-refractivity contribution in [3.8, 4) is 0 Å². The maximum atomic E-state index is 11.6. The van der Waals surface area contributed by atoms with Crippen LogP contribution in [-0.2, 0) is 4.79 Å². The molecular weight excluding hydrogens is 176 g/mol. The maximum absolute atomic E-state index is 11.6. The van der Waals surface area contributed by atoms with E-state index in [-0.39, 0.29) is 11.8 Å². The Hall–Kier alpha value is -0.570. The molecule has 1 fully saturated rings. The van der Waals surface area contributed by atoms with Gasteiger partial charge in [-0.05, 0) is 38.3 Å². The SMILES string of the molecule is CC(C)CCNC(=O)C1CCNCC1. The Morgan fingerprint density at radius 3 is 2.64 bits per heavy atom. The van der Waals surface area contributed by atoms with E-state index in [0.717, 1.165) is 38.9 Å². The van der Waals surface area contributed by atoms with Crippen LogP contribution >= 0.6 is 0 Å². The number of carbonyl (C=O) groups is 1. The Morgan fingerprint density at radius 1 is 1.43 bits per heavy atom. The zero-order valence-corrected chi connectivity index (χ0v) is 9.31. The molecule has 3 nitrogen and oxygen atoms in total. The van der Waals surface area contributed by atoms with Crippen LogP contribution in [0.1, 0.15) is 33.1 Å². The van der Waals surface area contributed by atoms with E-state index in [2.05, 4.69) is 24.5 Å². The van der Waals surface area contributed by atoms with Gasteiger partial charge >= 0.3 is 0 Å². The quantitative estimate of drug-likeness (QED) is 0.711. The van der Waals surface area contributed by atoms with Gasteiger partial charge < -0.3 is 10.6 Å². The van der Waals surface area contributed by atoms with E-state index in [1.54, 1.807) is 0 Å². The van der Waals surface area contributed by atoms with Crippen LogP contribution in [0.3, 0.4) is 0 Å². The monoisotopic (exact) mass is 198 g/mol. The molecule has 1 heterocycles. The third-order valence-corrected chi connectivity index (χ3v) is 2.73. The minimum absolute atomic E-state index is 0.253. The van der Waals surface area contributed by atoms with Crippen molar-refractivity contribution in [2.45, 2.75) is 33.1 Å². The van der Waals surface area contributed by atoms with Crippen LogP contribution in [0, 0.1) is 11.8 Å². The summed E-state index contributed by atoms with van der Waals surface area (Å²) in [5.74, 6) is 1.18. The third kappa shape index (κ3) is 4.09. The van der Waals surface area contributed by atoms with E-state index in [1.165, 1.54) is 0 Å². The van der Waals surface area contributed by atoms with Crippen LogP contribution in [0.5, 0.6) is 0 Å². The number of carbonyl (C=O) groups excluding carboxylic acids is 1. The fourth-order valence-corrected chi connectivity index (χ4v) is 1.71. The van der Waals surface area contributed by atoms with E-state index in [0.29, 0.717) is 5.92 Å². The van der Waals surface area contributed by atoms with Gasteiger partial charge in [0.15, 0.2) is 0 Å². The lowest BCUT2D eigenvalue weighted by molar-refractivity contribution is -0.125. The summed E-state index contributed by atoms with van der Waals surface area (Å²) in [4.78, 5) is 11.6. The second kappa shape index (κ2) is 6.02. The van der Waals surface area contributed by atoms with E-state index in [4.69, 9.17) is 0 Å². The minimum Gasteiger partial charge on any atom is -0.356 e. The average molecular weight is 198 g/mol. The summed E-state index contributed by atoms with van der Waals surface area (Å²) >= 11 is 0. The highest BCUT2D eigenvalue weighted by molar-refractivity contribution is 5.78. The van der Waals surface area contributed by atoms with Gasteiger partial charge in [0.2, 0.25) is 5.91 Å². The van der Waals surface area contributed by atoms with E-state index in [1.807, 2.05) is 0 Å². The Labute approximate surface area is 86.6 Å². The Bertz CT molecular complexity index is 174. The first-order valence-electron chi connectivity index (χ1n) is 5.68. The zero-order chi connectivity index (χ0) is 10.4. The number of hydrogen-bond donors (Lipinski definition) is 2. The van der Waals surface area contributed by atoms with Gasteiger partial charge in [-0.1, -0.05) is 13.8 Å². The normalized spacial score (nSPS) is 18.5. The highest BCUT2D eigenvalue weighted by Crippen LogP contribution is 2.11. The predicted molar refractivity (Wildman–Crippen MR) is 58.1 cm³/mol. The fraction of sp³-hybridized carbons (Fsp3) is 0.909. The Morgan fingerprint density at radius 2 is 2.07 bits per heavy atom. The number of rotatable bonds is 4. The van der Waals surface area contributed by atoms with Gasteiger partial charge in [-0.15, -0.1) is 0 Å². The molecule has 0 bridgehead atoms. The molecule has 0 radical (unpaired) electrons. The van der Waals surface area contributed by atoms with E-state index in [9.17, 15) is 4.79 Å². The first-order valence-corrected chi connectivity index (χ1v) is 5.68. The summed E-state index contributed by atoms with van der Waals surface area (Å²) < 4.78 is 0. The summed E-state index contributed by atoms with van der Waals surface area (Å²) in [7, 11) is 0. The first kappa shape index (κ1) is 11.5. The number of nitrogens with one attached hydrogen (secondary N) is 2. The molecule has 82 valence electrons. The highest BCUT2D eigenvalue weighted by Gasteiger charge is 2.19. The van der Waals surface area contributed by atoms with Crippen LogP contribution in [0.25, 0.3) is 0 Å².